The number of halogens is 3. The standard InChI is InChI=1S/C12H10F3N3O/c13-7-3-6(4-8(14)9(7)15)18-12(19)10(16)11(17-18)5-1-2-5/h3-5,17H,1-2,16H2. The van der Waals surface area contributed by atoms with Gasteiger partial charge in [0.1, 0.15) is 5.69 Å². The molecule has 0 radical (unpaired) electrons. The van der Waals surface area contributed by atoms with Gasteiger partial charge in [0.15, 0.2) is 17.5 Å². The van der Waals surface area contributed by atoms with E-state index in [1.807, 2.05) is 0 Å². The van der Waals surface area contributed by atoms with Crippen LogP contribution in [0.15, 0.2) is 16.9 Å². The van der Waals surface area contributed by atoms with Gasteiger partial charge in [0.25, 0.3) is 5.56 Å². The van der Waals surface area contributed by atoms with Crippen molar-refractivity contribution in [3.63, 3.8) is 0 Å². The Kier molecular flexibility index (Phi) is 2.44. The Morgan fingerprint density at radius 3 is 2.32 bits per heavy atom. The van der Waals surface area contributed by atoms with E-state index in [0.717, 1.165) is 29.7 Å². The summed E-state index contributed by atoms with van der Waals surface area (Å²) in [4.78, 5) is 11.9. The number of benzene rings is 1. The fourth-order valence-corrected chi connectivity index (χ4v) is 2.00. The van der Waals surface area contributed by atoms with Crippen molar-refractivity contribution >= 4 is 5.69 Å². The smallest absolute Gasteiger partial charge is 0.294 e. The lowest BCUT2D eigenvalue weighted by Crippen LogP contribution is -2.17. The average molecular weight is 269 g/mol. The molecule has 2 aromatic rings. The molecule has 1 heterocycles. The monoisotopic (exact) mass is 269 g/mol. The number of hydrogen-bond acceptors (Lipinski definition) is 2. The van der Waals surface area contributed by atoms with Gasteiger partial charge < -0.3 is 5.73 Å². The molecule has 1 aliphatic rings. The summed E-state index contributed by atoms with van der Waals surface area (Å²) in [5.74, 6) is -4.10. The van der Waals surface area contributed by atoms with Crippen molar-refractivity contribution in [1.29, 1.82) is 0 Å². The highest BCUT2D eigenvalue weighted by Crippen LogP contribution is 2.40. The average Bonchev–Trinajstić information content (AvgIpc) is 3.15. The molecule has 3 N–H and O–H groups in total. The van der Waals surface area contributed by atoms with Gasteiger partial charge in [0, 0.05) is 18.1 Å². The lowest BCUT2D eigenvalue weighted by molar-refractivity contribution is 0.445. The summed E-state index contributed by atoms with van der Waals surface area (Å²) in [7, 11) is 0. The van der Waals surface area contributed by atoms with Crippen LogP contribution in [0.25, 0.3) is 5.69 Å². The topological polar surface area (TPSA) is 63.8 Å². The van der Waals surface area contributed by atoms with Crippen LogP contribution in [0.3, 0.4) is 0 Å². The first-order chi connectivity index (χ1) is 8.99. The van der Waals surface area contributed by atoms with Gasteiger partial charge in [0.2, 0.25) is 0 Å². The van der Waals surface area contributed by atoms with Crippen molar-refractivity contribution in [1.82, 2.24) is 9.78 Å². The van der Waals surface area contributed by atoms with Crippen LogP contribution >= 0.6 is 0 Å². The molecule has 3 rings (SSSR count). The van der Waals surface area contributed by atoms with Gasteiger partial charge in [-0.05, 0) is 12.8 Å². The summed E-state index contributed by atoms with van der Waals surface area (Å²) in [6, 6.07) is 1.48. The Hall–Kier alpha value is -2.18. The molecule has 0 aliphatic heterocycles. The Bertz CT molecular complexity index is 692. The fraction of sp³-hybridized carbons (Fsp3) is 0.250. The summed E-state index contributed by atoms with van der Waals surface area (Å²) in [6.45, 7) is 0. The first kappa shape index (κ1) is 11.9. The number of rotatable bonds is 2. The first-order valence-electron chi connectivity index (χ1n) is 5.74. The molecule has 0 unspecified atom stereocenters. The number of aromatic amines is 1. The largest absolute Gasteiger partial charge is 0.393 e. The number of H-pyrrole nitrogens is 1. The molecule has 19 heavy (non-hydrogen) atoms. The van der Waals surface area contributed by atoms with Crippen LogP contribution in [-0.4, -0.2) is 9.78 Å². The number of nitrogen functional groups attached to an aromatic ring is 1. The lowest BCUT2D eigenvalue weighted by Gasteiger charge is -2.03. The Morgan fingerprint density at radius 1 is 1.21 bits per heavy atom. The van der Waals surface area contributed by atoms with E-state index in [1.54, 1.807) is 0 Å². The Balaban J connectivity index is 2.17. The SMILES string of the molecule is Nc1c(C2CC2)[nH]n(-c2cc(F)c(F)c(F)c2)c1=O. The molecule has 1 fully saturated rings. The second kappa shape index (κ2) is 3.91. The second-order valence-corrected chi connectivity index (χ2v) is 4.58. The normalized spacial score (nSPS) is 14.9. The second-order valence-electron chi connectivity index (χ2n) is 4.58. The van der Waals surface area contributed by atoms with Crippen molar-refractivity contribution in [3.8, 4) is 5.69 Å². The molecule has 4 nitrogen and oxygen atoms in total. The van der Waals surface area contributed by atoms with E-state index in [-0.39, 0.29) is 17.3 Å². The first-order valence-corrected chi connectivity index (χ1v) is 5.74. The summed E-state index contributed by atoms with van der Waals surface area (Å²) in [5, 5.41) is 2.73. The minimum Gasteiger partial charge on any atom is -0.393 e. The third kappa shape index (κ3) is 1.81. The zero-order valence-corrected chi connectivity index (χ0v) is 9.71. The van der Waals surface area contributed by atoms with Gasteiger partial charge in [-0.1, -0.05) is 0 Å². The van der Waals surface area contributed by atoms with E-state index >= 15 is 0 Å². The van der Waals surface area contributed by atoms with Crippen LogP contribution in [0.2, 0.25) is 0 Å². The highest BCUT2D eigenvalue weighted by atomic mass is 19.2. The molecular weight excluding hydrogens is 259 g/mol. The van der Waals surface area contributed by atoms with Crippen LogP contribution in [-0.2, 0) is 0 Å². The number of nitrogens with zero attached hydrogens (tertiary/aromatic N) is 1. The van der Waals surface area contributed by atoms with Crippen LogP contribution in [0.4, 0.5) is 18.9 Å². The van der Waals surface area contributed by atoms with Crippen molar-refractivity contribution in [2.75, 3.05) is 5.73 Å². The molecule has 0 atom stereocenters. The van der Waals surface area contributed by atoms with E-state index < -0.39 is 23.0 Å². The van der Waals surface area contributed by atoms with Gasteiger partial charge in [-0.15, -0.1) is 0 Å². The van der Waals surface area contributed by atoms with Gasteiger partial charge in [0.05, 0.1) is 11.4 Å². The van der Waals surface area contributed by atoms with Crippen molar-refractivity contribution in [3.05, 3.63) is 45.6 Å². The predicted molar refractivity (Wildman–Crippen MR) is 62.7 cm³/mol. The predicted octanol–water partition coefficient (Wildman–Crippen LogP) is 2.04. The van der Waals surface area contributed by atoms with Crippen LogP contribution in [0.5, 0.6) is 0 Å². The third-order valence-electron chi connectivity index (χ3n) is 3.17. The molecule has 1 aromatic heterocycles. The van der Waals surface area contributed by atoms with E-state index in [1.165, 1.54) is 0 Å². The molecular formula is C12H10F3N3O. The Labute approximate surface area is 105 Å². The number of nitrogens with one attached hydrogen (secondary N) is 1. The zero-order chi connectivity index (χ0) is 13.7. The molecule has 100 valence electrons. The molecule has 1 saturated carbocycles. The molecule has 1 aliphatic carbocycles. The lowest BCUT2D eigenvalue weighted by atomic mass is 10.2. The van der Waals surface area contributed by atoms with Crippen molar-refractivity contribution in [2.24, 2.45) is 0 Å². The molecule has 0 saturated heterocycles. The van der Waals surface area contributed by atoms with Gasteiger partial charge in [-0.25, -0.2) is 17.9 Å². The fourth-order valence-electron chi connectivity index (χ4n) is 2.00. The summed E-state index contributed by atoms with van der Waals surface area (Å²) in [6.07, 6.45) is 1.83. The summed E-state index contributed by atoms with van der Waals surface area (Å²) < 4.78 is 40.1. The molecule has 1 aromatic carbocycles. The minimum atomic E-state index is -1.57. The van der Waals surface area contributed by atoms with Crippen LogP contribution in [0.1, 0.15) is 24.5 Å². The summed E-state index contributed by atoms with van der Waals surface area (Å²) >= 11 is 0. The maximum absolute atomic E-state index is 13.2. The highest BCUT2D eigenvalue weighted by molar-refractivity contribution is 5.47. The van der Waals surface area contributed by atoms with Gasteiger partial charge in [-0.3, -0.25) is 9.89 Å². The summed E-state index contributed by atoms with van der Waals surface area (Å²) in [5.41, 5.74) is 5.55. The Morgan fingerprint density at radius 2 is 1.79 bits per heavy atom. The number of anilines is 1. The maximum atomic E-state index is 13.2. The number of aromatic nitrogens is 2. The van der Waals surface area contributed by atoms with E-state index in [0.29, 0.717) is 5.69 Å². The molecule has 0 bridgehead atoms. The zero-order valence-electron chi connectivity index (χ0n) is 9.71. The molecule has 0 amide bonds. The van der Waals surface area contributed by atoms with E-state index in [2.05, 4.69) is 5.10 Å². The van der Waals surface area contributed by atoms with Crippen LogP contribution < -0.4 is 11.3 Å². The van der Waals surface area contributed by atoms with E-state index in [4.69, 9.17) is 5.73 Å². The third-order valence-corrected chi connectivity index (χ3v) is 3.17. The van der Waals surface area contributed by atoms with Crippen LogP contribution in [0, 0.1) is 17.5 Å². The van der Waals surface area contributed by atoms with Crippen molar-refractivity contribution < 1.29 is 13.2 Å². The van der Waals surface area contributed by atoms with Crippen molar-refractivity contribution in [2.45, 2.75) is 18.8 Å². The minimum absolute atomic E-state index is 0.0349. The highest BCUT2D eigenvalue weighted by Gasteiger charge is 2.29. The molecule has 0 spiro atoms. The van der Waals surface area contributed by atoms with Gasteiger partial charge in [-0.2, -0.15) is 0 Å². The quantitative estimate of drug-likeness (QED) is 0.819. The van der Waals surface area contributed by atoms with Gasteiger partial charge >= 0.3 is 0 Å². The number of nitrogens with two attached hydrogens (primary N) is 1. The molecule has 7 heteroatoms. The maximum Gasteiger partial charge on any atom is 0.294 e. The van der Waals surface area contributed by atoms with E-state index in [9.17, 15) is 18.0 Å². The number of hydrogen-bond donors (Lipinski definition) is 2.